The lowest BCUT2D eigenvalue weighted by Gasteiger charge is -2.32. The van der Waals surface area contributed by atoms with Crippen molar-refractivity contribution in [3.63, 3.8) is 0 Å². The van der Waals surface area contributed by atoms with E-state index in [1.807, 2.05) is 18.2 Å². The first-order valence-corrected chi connectivity index (χ1v) is 8.65. The lowest BCUT2D eigenvalue weighted by molar-refractivity contribution is -0.138. The molecule has 0 aliphatic carbocycles. The van der Waals surface area contributed by atoms with Crippen molar-refractivity contribution < 1.29 is 14.1 Å². The molecule has 2 heterocycles. The van der Waals surface area contributed by atoms with E-state index in [0.717, 1.165) is 19.5 Å². The monoisotopic (exact) mass is 344 g/mol. The zero-order valence-corrected chi connectivity index (χ0v) is 14.5. The molecule has 1 aromatic heterocycles. The zero-order valence-electron chi connectivity index (χ0n) is 14.5. The van der Waals surface area contributed by atoms with Gasteiger partial charge in [-0.25, -0.2) is 0 Å². The van der Waals surface area contributed by atoms with Crippen LogP contribution < -0.4 is 5.32 Å². The largest absolute Gasteiger partial charge is 0.366 e. The van der Waals surface area contributed by atoms with E-state index < -0.39 is 6.10 Å². The molecule has 7 heteroatoms. The number of hydrogen-bond donors (Lipinski definition) is 1. The summed E-state index contributed by atoms with van der Waals surface area (Å²) in [5.41, 5.74) is 1.25. The van der Waals surface area contributed by atoms with Gasteiger partial charge in [0.2, 0.25) is 11.8 Å². The molecule has 2 aromatic rings. The van der Waals surface area contributed by atoms with Gasteiger partial charge in [-0.05, 0) is 18.9 Å². The number of aryl methyl sites for hydroxylation is 2. The van der Waals surface area contributed by atoms with Gasteiger partial charge in [-0.1, -0.05) is 35.5 Å². The van der Waals surface area contributed by atoms with E-state index in [9.17, 15) is 4.79 Å². The summed E-state index contributed by atoms with van der Waals surface area (Å²) in [5, 5.41) is 6.68. The van der Waals surface area contributed by atoms with Crippen LogP contribution in [-0.4, -0.2) is 53.3 Å². The second kappa shape index (κ2) is 8.73. The van der Waals surface area contributed by atoms with Crippen molar-refractivity contribution in [3.8, 4) is 0 Å². The van der Waals surface area contributed by atoms with Gasteiger partial charge >= 0.3 is 0 Å². The van der Waals surface area contributed by atoms with Gasteiger partial charge in [0.25, 0.3) is 0 Å². The lowest BCUT2D eigenvalue weighted by Crippen LogP contribution is -2.49. The zero-order chi connectivity index (χ0) is 17.5. The number of amides is 1. The fourth-order valence-electron chi connectivity index (χ4n) is 2.85. The molecule has 1 saturated heterocycles. The minimum atomic E-state index is -0.414. The van der Waals surface area contributed by atoms with Crippen LogP contribution in [-0.2, 0) is 22.5 Å². The van der Waals surface area contributed by atoms with Crippen molar-refractivity contribution in [1.29, 1.82) is 0 Å². The summed E-state index contributed by atoms with van der Waals surface area (Å²) >= 11 is 0. The second-order valence-corrected chi connectivity index (χ2v) is 6.21. The molecule has 0 spiro atoms. The molecule has 1 N–H and O–H groups in total. The van der Waals surface area contributed by atoms with Crippen molar-refractivity contribution in [2.75, 3.05) is 26.2 Å². The number of morpholine rings is 1. The van der Waals surface area contributed by atoms with Crippen LogP contribution in [0.2, 0.25) is 0 Å². The van der Waals surface area contributed by atoms with Crippen LogP contribution >= 0.6 is 0 Å². The molecule has 25 heavy (non-hydrogen) atoms. The van der Waals surface area contributed by atoms with Gasteiger partial charge in [-0.3, -0.25) is 9.69 Å². The SMILES string of the molecule is Cc1noc(CCCNC(=O)[C@@H]2CN(Cc3ccccc3)CCO2)n1. The quantitative estimate of drug-likeness (QED) is 0.763. The third-order valence-electron chi connectivity index (χ3n) is 4.13. The molecule has 1 atom stereocenters. The molecule has 134 valence electrons. The second-order valence-electron chi connectivity index (χ2n) is 6.21. The predicted molar refractivity (Wildman–Crippen MR) is 91.8 cm³/mol. The van der Waals surface area contributed by atoms with Crippen LogP contribution in [0.3, 0.4) is 0 Å². The Hall–Kier alpha value is -2.25. The van der Waals surface area contributed by atoms with E-state index >= 15 is 0 Å². The van der Waals surface area contributed by atoms with E-state index in [1.54, 1.807) is 6.92 Å². The Morgan fingerprint density at radius 3 is 2.96 bits per heavy atom. The Bertz CT molecular complexity index is 674. The molecule has 1 fully saturated rings. The number of benzene rings is 1. The smallest absolute Gasteiger partial charge is 0.250 e. The first-order chi connectivity index (χ1) is 12.2. The summed E-state index contributed by atoms with van der Waals surface area (Å²) in [7, 11) is 0. The highest BCUT2D eigenvalue weighted by molar-refractivity contribution is 5.81. The topological polar surface area (TPSA) is 80.5 Å². The maximum atomic E-state index is 12.3. The Labute approximate surface area is 147 Å². The van der Waals surface area contributed by atoms with Crippen LogP contribution in [0.5, 0.6) is 0 Å². The van der Waals surface area contributed by atoms with Gasteiger partial charge in [0.05, 0.1) is 6.61 Å². The number of carbonyl (C=O) groups excluding carboxylic acids is 1. The predicted octanol–water partition coefficient (Wildman–Crippen LogP) is 1.33. The number of ether oxygens (including phenoxy) is 1. The van der Waals surface area contributed by atoms with Gasteiger partial charge in [0.15, 0.2) is 5.82 Å². The molecule has 1 aliphatic rings. The van der Waals surface area contributed by atoms with E-state index in [4.69, 9.17) is 9.26 Å². The normalized spacial score (nSPS) is 18.2. The van der Waals surface area contributed by atoms with Crippen LogP contribution in [0.4, 0.5) is 0 Å². The summed E-state index contributed by atoms with van der Waals surface area (Å²) < 4.78 is 10.7. The number of hydrogen-bond acceptors (Lipinski definition) is 6. The first-order valence-electron chi connectivity index (χ1n) is 8.65. The minimum absolute atomic E-state index is 0.0560. The molecule has 0 saturated carbocycles. The highest BCUT2D eigenvalue weighted by Gasteiger charge is 2.26. The molecular formula is C18H24N4O3. The van der Waals surface area contributed by atoms with Gasteiger partial charge in [-0.15, -0.1) is 0 Å². The van der Waals surface area contributed by atoms with E-state index in [0.29, 0.717) is 37.8 Å². The van der Waals surface area contributed by atoms with Gasteiger partial charge in [0.1, 0.15) is 6.10 Å². The standard InChI is InChI=1S/C18H24N4O3/c1-14-20-17(25-21-14)8-5-9-19-18(23)16-13-22(10-11-24-16)12-15-6-3-2-4-7-15/h2-4,6-7,16H,5,8-13H2,1H3,(H,19,23)/t16-/m0/s1. The molecule has 1 aliphatic heterocycles. The third-order valence-corrected chi connectivity index (χ3v) is 4.13. The van der Waals surface area contributed by atoms with E-state index in [1.165, 1.54) is 5.56 Å². The molecule has 0 radical (unpaired) electrons. The van der Waals surface area contributed by atoms with E-state index in [2.05, 4.69) is 32.5 Å². The number of carbonyl (C=O) groups is 1. The summed E-state index contributed by atoms with van der Waals surface area (Å²) in [5.74, 6) is 1.18. The fraction of sp³-hybridized carbons (Fsp3) is 0.500. The van der Waals surface area contributed by atoms with Crippen molar-refractivity contribution in [2.24, 2.45) is 0 Å². The maximum Gasteiger partial charge on any atom is 0.250 e. The molecule has 7 nitrogen and oxygen atoms in total. The first kappa shape index (κ1) is 17.6. The van der Waals surface area contributed by atoms with E-state index in [-0.39, 0.29) is 5.91 Å². The molecule has 0 bridgehead atoms. The number of aromatic nitrogens is 2. The molecule has 0 unspecified atom stereocenters. The van der Waals surface area contributed by atoms with Crippen LogP contribution in [0, 0.1) is 6.92 Å². The van der Waals surface area contributed by atoms with Crippen molar-refractivity contribution >= 4 is 5.91 Å². The van der Waals surface area contributed by atoms with Crippen molar-refractivity contribution in [3.05, 3.63) is 47.6 Å². The third kappa shape index (κ3) is 5.37. The number of nitrogens with zero attached hydrogens (tertiary/aromatic N) is 3. The molecule has 1 aromatic carbocycles. The summed E-state index contributed by atoms with van der Waals surface area (Å²) in [4.78, 5) is 18.7. The van der Waals surface area contributed by atoms with Crippen LogP contribution in [0.25, 0.3) is 0 Å². The molecule has 3 rings (SSSR count). The average molecular weight is 344 g/mol. The molecule has 1 amide bonds. The van der Waals surface area contributed by atoms with Gasteiger partial charge < -0.3 is 14.6 Å². The minimum Gasteiger partial charge on any atom is -0.366 e. The Morgan fingerprint density at radius 2 is 2.20 bits per heavy atom. The molecular weight excluding hydrogens is 320 g/mol. The number of nitrogens with one attached hydrogen (secondary N) is 1. The van der Waals surface area contributed by atoms with Crippen LogP contribution in [0.1, 0.15) is 23.7 Å². The number of rotatable bonds is 7. The van der Waals surface area contributed by atoms with Gasteiger partial charge in [-0.2, -0.15) is 4.98 Å². The van der Waals surface area contributed by atoms with Crippen molar-refractivity contribution in [2.45, 2.75) is 32.4 Å². The van der Waals surface area contributed by atoms with Gasteiger partial charge in [0, 0.05) is 32.6 Å². The van der Waals surface area contributed by atoms with Crippen LogP contribution in [0.15, 0.2) is 34.9 Å². The Kier molecular flexibility index (Phi) is 6.14. The summed E-state index contributed by atoms with van der Waals surface area (Å²) in [6.07, 6.45) is 1.00. The highest BCUT2D eigenvalue weighted by Crippen LogP contribution is 2.10. The Balaban J connectivity index is 1.39. The fourth-order valence-corrected chi connectivity index (χ4v) is 2.85. The highest BCUT2D eigenvalue weighted by atomic mass is 16.5. The Morgan fingerprint density at radius 1 is 1.36 bits per heavy atom. The average Bonchev–Trinajstić information content (AvgIpc) is 3.05. The lowest BCUT2D eigenvalue weighted by atomic mass is 10.2. The maximum absolute atomic E-state index is 12.3. The van der Waals surface area contributed by atoms with Crippen molar-refractivity contribution in [1.82, 2.24) is 20.4 Å². The summed E-state index contributed by atoms with van der Waals surface area (Å²) in [6, 6.07) is 10.3. The summed E-state index contributed by atoms with van der Waals surface area (Å²) in [6.45, 7) is 5.23.